The molecule has 1 aromatic rings. The lowest BCUT2D eigenvalue weighted by Crippen LogP contribution is -2.20. The Morgan fingerprint density at radius 3 is 2.73 bits per heavy atom. The van der Waals surface area contributed by atoms with E-state index in [2.05, 4.69) is 5.32 Å². The van der Waals surface area contributed by atoms with Crippen LogP contribution in [0.1, 0.15) is 10.4 Å². The normalized spacial score (nSPS) is 10.4. The highest BCUT2D eigenvalue weighted by Crippen LogP contribution is 2.31. The van der Waals surface area contributed by atoms with Gasteiger partial charge in [0.2, 0.25) is 0 Å². The number of likely N-dealkylation sites (N-methyl/N-ethyl adjacent to an activating group) is 1. The van der Waals surface area contributed by atoms with E-state index in [0.717, 1.165) is 0 Å². The van der Waals surface area contributed by atoms with Crippen LogP contribution in [0.3, 0.4) is 0 Å². The number of aromatic hydroxyl groups is 1. The zero-order valence-corrected chi connectivity index (χ0v) is 8.53. The molecule has 0 aliphatic rings. The van der Waals surface area contributed by atoms with Gasteiger partial charge in [-0.3, -0.25) is 4.79 Å². The van der Waals surface area contributed by atoms with Gasteiger partial charge in [0.05, 0.1) is 11.6 Å². The van der Waals surface area contributed by atoms with Gasteiger partial charge in [-0.1, -0.05) is 11.6 Å². The summed E-state index contributed by atoms with van der Waals surface area (Å²) in [4.78, 5) is 11.3. The summed E-state index contributed by atoms with van der Waals surface area (Å²) in [6.45, 7) is -0.218. The average molecular weight is 236 g/mol. The van der Waals surface area contributed by atoms with Gasteiger partial charge in [0.15, 0.2) is 17.4 Å². The number of phenolic OH excluding ortho intramolecular Hbond substituents is 1. The van der Waals surface area contributed by atoms with Gasteiger partial charge in [0.1, 0.15) is 11.3 Å². The summed E-state index contributed by atoms with van der Waals surface area (Å²) in [6.07, 6.45) is 0. The molecular formula is C9H8ClF2NO2. The summed E-state index contributed by atoms with van der Waals surface area (Å²) in [7, 11) is 1.47. The van der Waals surface area contributed by atoms with E-state index in [4.69, 9.17) is 11.6 Å². The first-order valence-electron chi connectivity index (χ1n) is 4.03. The van der Waals surface area contributed by atoms with Crippen LogP contribution in [0.5, 0.6) is 5.75 Å². The van der Waals surface area contributed by atoms with Crippen LogP contribution in [0.15, 0.2) is 6.07 Å². The summed E-state index contributed by atoms with van der Waals surface area (Å²) in [5, 5.41) is 11.4. The number of nitrogens with one attached hydrogen (secondary N) is 1. The summed E-state index contributed by atoms with van der Waals surface area (Å²) in [6, 6.07) is 0.613. The fraction of sp³-hybridized carbons (Fsp3) is 0.222. The van der Waals surface area contributed by atoms with E-state index in [9.17, 15) is 18.7 Å². The van der Waals surface area contributed by atoms with E-state index in [-0.39, 0.29) is 6.54 Å². The van der Waals surface area contributed by atoms with E-state index < -0.39 is 33.8 Å². The van der Waals surface area contributed by atoms with E-state index >= 15 is 0 Å². The summed E-state index contributed by atoms with van der Waals surface area (Å²) < 4.78 is 26.1. The molecule has 0 radical (unpaired) electrons. The number of rotatable bonds is 3. The molecule has 1 rings (SSSR count). The van der Waals surface area contributed by atoms with E-state index in [0.29, 0.717) is 6.07 Å². The number of halogens is 3. The van der Waals surface area contributed by atoms with Crippen LogP contribution < -0.4 is 5.32 Å². The zero-order valence-electron chi connectivity index (χ0n) is 7.77. The first-order chi connectivity index (χ1) is 6.99. The fourth-order valence-electron chi connectivity index (χ4n) is 1.09. The molecule has 3 nitrogen and oxygen atoms in total. The molecule has 1 aromatic carbocycles. The number of ketones is 1. The summed E-state index contributed by atoms with van der Waals surface area (Å²) in [5.41, 5.74) is -0.727. The Kier molecular flexibility index (Phi) is 3.60. The summed E-state index contributed by atoms with van der Waals surface area (Å²) in [5.74, 6) is -4.17. The molecule has 0 amide bonds. The topological polar surface area (TPSA) is 49.3 Å². The van der Waals surface area contributed by atoms with Crippen molar-refractivity contribution in [1.29, 1.82) is 0 Å². The molecule has 15 heavy (non-hydrogen) atoms. The Bertz CT molecular complexity index is 383. The zero-order chi connectivity index (χ0) is 11.6. The Morgan fingerprint density at radius 2 is 2.20 bits per heavy atom. The third kappa shape index (κ3) is 2.24. The lowest BCUT2D eigenvalue weighted by molar-refractivity contribution is 0.0986. The number of hydrogen-bond donors (Lipinski definition) is 2. The van der Waals surface area contributed by atoms with Crippen molar-refractivity contribution in [3.63, 3.8) is 0 Å². The van der Waals surface area contributed by atoms with Crippen molar-refractivity contribution in [2.75, 3.05) is 13.6 Å². The largest absolute Gasteiger partial charge is 0.506 e. The van der Waals surface area contributed by atoms with Crippen molar-refractivity contribution in [2.24, 2.45) is 0 Å². The molecule has 0 aliphatic carbocycles. The highest BCUT2D eigenvalue weighted by atomic mass is 35.5. The lowest BCUT2D eigenvalue weighted by Gasteiger charge is -2.07. The maximum Gasteiger partial charge on any atom is 0.183 e. The van der Waals surface area contributed by atoms with Crippen LogP contribution in [0, 0.1) is 11.6 Å². The van der Waals surface area contributed by atoms with Crippen LogP contribution in [0.25, 0.3) is 0 Å². The van der Waals surface area contributed by atoms with Crippen molar-refractivity contribution < 1.29 is 18.7 Å². The maximum absolute atomic E-state index is 13.2. The van der Waals surface area contributed by atoms with Gasteiger partial charge in [0, 0.05) is 0 Å². The number of carbonyl (C=O) groups is 1. The quantitative estimate of drug-likeness (QED) is 0.620. The van der Waals surface area contributed by atoms with Crippen molar-refractivity contribution >= 4 is 17.4 Å². The Hall–Kier alpha value is -1.20. The SMILES string of the molecule is CNCC(=O)c1c(O)c(Cl)cc(F)c1F. The smallest absolute Gasteiger partial charge is 0.183 e. The molecule has 0 spiro atoms. The Balaban J connectivity index is 3.32. The van der Waals surface area contributed by atoms with Crippen molar-refractivity contribution in [3.05, 3.63) is 28.3 Å². The number of carbonyl (C=O) groups excluding carboxylic acids is 1. The third-order valence-electron chi connectivity index (χ3n) is 1.76. The highest BCUT2D eigenvalue weighted by Gasteiger charge is 2.22. The molecule has 0 aromatic heterocycles. The van der Waals surface area contributed by atoms with Crippen LogP contribution in [-0.4, -0.2) is 24.5 Å². The Morgan fingerprint density at radius 1 is 1.60 bits per heavy atom. The molecule has 2 N–H and O–H groups in total. The second-order valence-corrected chi connectivity index (χ2v) is 3.24. The third-order valence-corrected chi connectivity index (χ3v) is 2.05. The molecule has 82 valence electrons. The standard InChI is InChI=1S/C9H8ClF2NO2/c1-13-3-6(14)7-8(12)5(11)2-4(10)9(7)15/h2,13,15H,3H2,1H3. The first-order valence-corrected chi connectivity index (χ1v) is 4.41. The van der Waals surface area contributed by atoms with Gasteiger partial charge < -0.3 is 10.4 Å². The first kappa shape index (κ1) is 11.9. The highest BCUT2D eigenvalue weighted by molar-refractivity contribution is 6.32. The minimum absolute atomic E-state index is 0.218. The molecular weight excluding hydrogens is 228 g/mol. The van der Waals surface area contributed by atoms with Gasteiger partial charge >= 0.3 is 0 Å². The molecule has 0 atom stereocenters. The molecule has 0 aliphatic heterocycles. The monoisotopic (exact) mass is 235 g/mol. The molecule has 0 fully saturated rings. The van der Waals surface area contributed by atoms with Crippen LogP contribution in [0.4, 0.5) is 8.78 Å². The predicted molar refractivity (Wildman–Crippen MR) is 51.3 cm³/mol. The minimum Gasteiger partial charge on any atom is -0.506 e. The van der Waals surface area contributed by atoms with Crippen LogP contribution in [0.2, 0.25) is 5.02 Å². The number of hydrogen-bond acceptors (Lipinski definition) is 3. The predicted octanol–water partition coefficient (Wildman–Crippen LogP) is 1.73. The van der Waals surface area contributed by atoms with Gasteiger partial charge in [0.25, 0.3) is 0 Å². The van der Waals surface area contributed by atoms with E-state index in [1.54, 1.807) is 0 Å². The molecule has 0 saturated heterocycles. The number of benzene rings is 1. The lowest BCUT2D eigenvalue weighted by atomic mass is 10.1. The van der Waals surface area contributed by atoms with Crippen molar-refractivity contribution in [3.8, 4) is 5.75 Å². The second kappa shape index (κ2) is 4.55. The summed E-state index contributed by atoms with van der Waals surface area (Å²) >= 11 is 5.41. The van der Waals surface area contributed by atoms with Gasteiger partial charge in [-0.25, -0.2) is 8.78 Å². The average Bonchev–Trinajstić information content (AvgIpc) is 2.16. The van der Waals surface area contributed by atoms with E-state index in [1.807, 2.05) is 0 Å². The van der Waals surface area contributed by atoms with Gasteiger partial charge in [-0.15, -0.1) is 0 Å². The molecule has 6 heteroatoms. The minimum atomic E-state index is -1.39. The Labute approximate surface area is 89.7 Å². The van der Waals surface area contributed by atoms with Gasteiger partial charge in [-0.05, 0) is 13.1 Å². The number of phenols is 1. The van der Waals surface area contributed by atoms with Crippen molar-refractivity contribution in [2.45, 2.75) is 0 Å². The van der Waals surface area contributed by atoms with Crippen molar-refractivity contribution in [1.82, 2.24) is 5.32 Å². The van der Waals surface area contributed by atoms with Gasteiger partial charge in [-0.2, -0.15) is 0 Å². The number of Topliss-reactive ketones (excluding diaryl/α,β-unsaturated/α-hetero) is 1. The molecule has 0 unspecified atom stereocenters. The fourth-order valence-corrected chi connectivity index (χ4v) is 1.28. The molecule has 0 saturated carbocycles. The maximum atomic E-state index is 13.2. The van der Waals surface area contributed by atoms with Crippen LogP contribution >= 0.6 is 11.6 Å². The second-order valence-electron chi connectivity index (χ2n) is 2.83. The molecule has 0 bridgehead atoms. The van der Waals surface area contributed by atoms with Crippen LogP contribution in [-0.2, 0) is 0 Å². The molecule has 0 heterocycles. The van der Waals surface area contributed by atoms with E-state index in [1.165, 1.54) is 7.05 Å².